The average molecular weight is 205 g/mol. The molecule has 2 nitrogen and oxygen atoms in total. The molecule has 15 heavy (non-hydrogen) atoms. The van der Waals surface area contributed by atoms with Crippen LogP contribution in [0.25, 0.3) is 0 Å². The van der Waals surface area contributed by atoms with Crippen LogP contribution in [0.3, 0.4) is 0 Å². The summed E-state index contributed by atoms with van der Waals surface area (Å²) < 4.78 is 0. The van der Waals surface area contributed by atoms with Crippen LogP contribution in [0, 0.1) is 5.92 Å². The van der Waals surface area contributed by atoms with Gasteiger partial charge in [-0.05, 0) is 24.0 Å². The van der Waals surface area contributed by atoms with Gasteiger partial charge < -0.3 is 5.11 Å². The molecule has 0 bridgehead atoms. The molecule has 1 aromatic rings. The molecule has 82 valence electrons. The summed E-state index contributed by atoms with van der Waals surface area (Å²) in [6, 6.07) is 3.85. The van der Waals surface area contributed by atoms with Gasteiger partial charge in [0.1, 0.15) is 0 Å². The SMILES string of the molecule is OC(CC1CCCCC1)c1cccnc1. The largest absolute Gasteiger partial charge is 0.388 e. The first-order valence-corrected chi connectivity index (χ1v) is 5.94. The Labute approximate surface area is 91.4 Å². The first kappa shape index (κ1) is 10.6. The minimum Gasteiger partial charge on any atom is -0.388 e. The number of rotatable bonds is 3. The summed E-state index contributed by atoms with van der Waals surface area (Å²) in [4.78, 5) is 4.04. The van der Waals surface area contributed by atoms with E-state index in [1.165, 1.54) is 32.1 Å². The maximum Gasteiger partial charge on any atom is 0.0807 e. The Balaban J connectivity index is 1.88. The Kier molecular flexibility index (Phi) is 3.73. The number of aliphatic hydroxyl groups excluding tert-OH is 1. The van der Waals surface area contributed by atoms with E-state index in [4.69, 9.17) is 0 Å². The van der Waals surface area contributed by atoms with Gasteiger partial charge in [0.05, 0.1) is 6.10 Å². The van der Waals surface area contributed by atoms with E-state index in [0.717, 1.165) is 12.0 Å². The molecule has 1 atom stereocenters. The van der Waals surface area contributed by atoms with Gasteiger partial charge in [-0.15, -0.1) is 0 Å². The summed E-state index contributed by atoms with van der Waals surface area (Å²) in [5.74, 6) is 0.717. The van der Waals surface area contributed by atoms with Crippen LogP contribution in [0.5, 0.6) is 0 Å². The molecule has 0 amide bonds. The smallest absolute Gasteiger partial charge is 0.0807 e. The number of nitrogens with zero attached hydrogens (tertiary/aromatic N) is 1. The van der Waals surface area contributed by atoms with Gasteiger partial charge in [0.25, 0.3) is 0 Å². The highest BCUT2D eigenvalue weighted by Crippen LogP contribution is 2.31. The molecule has 0 aliphatic heterocycles. The quantitative estimate of drug-likeness (QED) is 0.822. The second-order valence-corrected chi connectivity index (χ2v) is 4.54. The lowest BCUT2D eigenvalue weighted by molar-refractivity contribution is 0.131. The fourth-order valence-corrected chi connectivity index (χ4v) is 2.45. The lowest BCUT2D eigenvalue weighted by Gasteiger charge is -2.23. The van der Waals surface area contributed by atoms with E-state index in [9.17, 15) is 5.11 Å². The van der Waals surface area contributed by atoms with Crippen LogP contribution >= 0.6 is 0 Å². The van der Waals surface area contributed by atoms with E-state index in [1.807, 2.05) is 12.1 Å². The minimum atomic E-state index is -0.318. The van der Waals surface area contributed by atoms with Crippen LogP contribution in [0.4, 0.5) is 0 Å². The third kappa shape index (κ3) is 3.03. The molecular weight excluding hydrogens is 186 g/mol. The Hall–Kier alpha value is -0.890. The molecule has 1 saturated carbocycles. The fraction of sp³-hybridized carbons (Fsp3) is 0.615. The molecule has 1 heterocycles. The molecule has 2 rings (SSSR count). The lowest BCUT2D eigenvalue weighted by Crippen LogP contribution is -2.11. The fourth-order valence-electron chi connectivity index (χ4n) is 2.45. The minimum absolute atomic E-state index is 0.318. The number of aliphatic hydroxyl groups is 1. The second-order valence-electron chi connectivity index (χ2n) is 4.54. The maximum atomic E-state index is 10.0. The van der Waals surface area contributed by atoms with E-state index < -0.39 is 0 Å². The molecule has 1 aliphatic carbocycles. The van der Waals surface area contributed by atoms with Gasteiger partial charge in [0.2, 0.25) is 0 Å². The highest BCUT2D eigenvalue weighted by molar-refractivity contribution is 5.11. The first-order chi connectivity index (χ1) is 7.36. The summed E-state index contributed by atoms with van der Waals surface area (Å²) in [6.45, 7) is 0. The van der Waals surface area contributed by atoms with Gasteiger partial charge in [-0.2, -0.15) is 0 Å². The van der Waals surface area contributed by atoms with Crippen molar-refractivity contribution in [3.05, 3.63) is 30.1 Å². The van der Waals surface area contributed by atoms with Gasteiger partial charge in [0, 0.05) is 12.4 Å². The van der Waals surface area contributed by atoms with Crippen LogP contribution in [0.2, 0.25) is 0 Å². The predicted octanol–water partition coefficient (Wildman–Crippen LogP) is 3.09. The van der Waals surface area contributed by atoms with Crippen molar-refractivity contribution >= 4 is 0 Å². The van der Waals surface area contributed by atoms with Crippen LogP contribution in [-0.2, 0) is 0 Å². The van der Waals surface area contributed by atoms with E-state index in [2.05, 4.69) is 4.98 Å². The van der Waals surface area contributed by atoms with Crippen molar-refractivity contribution in [2.75, 3.05) is 0 Å². The van der Waals surface area contributed by atoms with Crippen LogP contribution in [0.1, 0.15) is 50.2 Å². The molecule has 0 aromatic carbocycles. The average Bonchev–Trinajstić information content (AvgIpc) is 2.31. The van der Waals surface area contributed by atoms with Gasteiger partial charge in [-0.1, -0.05) is 38.2 Å². The number of pyridine rings is 1. The van der Waals surface area contributed by atoms with Gasteiger partial charge in [0.15, 0.2) is 0 Å². The number of hydrogen-bond donors (Lipinski definition) is 1. The summed E-state index contributed by atoms with van der Waals surface area (Å²) in [5.41, 5.74) is 0.961. The summed E-state index contributed by atoms with van der Waals surface area (Å²) in [7, 11) is 0. The molecule has 0 radical (unpaired) electrons. The lowest BCUT2D eigenvalue weighted by atomic mass is 9.84. The van der Waals surface area contributed by atoms with Crippen molar-refractivity contribution in [3.63, 3.8) is 0 Å². The van der Waals surface area contributed by atoms with Crippen molar-refractivity contribution in [1.82, 2.24) is 4.98 Å². The zero-order valence-electron chi connectivity index (χ0n) is 9.10. The zero-order chi connectivity index (χ0) is 10.5. The summed E-state index contributed by atoms with van der Waals surface area (Å²) >= 11 is 0. The Morgan fingerprint density at radius 2 is 2.13 bits per heavy atom. The summed E-state index contributed by atoms with van der Waals surface area (Å²) in [5, 5.41) is 10.0. The Bertz CT molecular complexity index is 280. The molecule has 1 fully saturated rings. The molecule has 0 spiro atoms. The molecule has 1 N–H and O–H groups in total. The number of hydrogen-bond acceptors (Lipinski definition) is 2. The van der Waals surface area contributed by atoms with E-state index in [0.29, 0.717) is 5.92 Å². The van der Waals surface area contributed by atoms with E-state index in [-0.39, 0.29) is 6.10 Å². The third-order valence-electron chi connectivity index (χ3n) is 3.35. The molecule has 1 aromatic heterocycles. The van der Waals surface area contributed by atoms with Crippen molar-refractivity contribution in [2.45, 2.75) is 44.6 Å². The first-order valence-electron chi connectivity index (χ1n) is 5.94. The maximum absolute atomic E-state index is 10.0. The normalized spacial score (nSPS) is 20.1. The standard InChI is InChI=1S/C13H19NO/c15-13(12-7-4-8-14-10-12)9-11-5-2-1-3-6-11/h4,7-8,10-11,13,15H,1-3,5-6,9H2. The third-order valence-corrected chi connectivity index (χ3v) is 3.35. The molecular formula is C13H19NO. The van der Waals surface area contributed by atoms with Gasteiger partial charge in [-0.25, -0.2) is 0 Å². The summed E-state index contributed by atoms with van der Waals surface area (Å²) in [6.07, 6.45) is 10.7. The monoisotopic (exact) mass is 205 g/mol. The number of aromatic nitrogens is 1. The van der Waals surface area contributed by atoms with Gasteiger partial charge >= 0.3 is 0 Å². The van der Waals surface area contributed by atoms with Crippen LogP contribution in [0.15, 0.2) is 24.5 Å². The van der Waals surface area contributed by atoms with Crippen molar-refractivity contribution in [3.8, 4) is 0 Å². The topological polar surface area (TPSA) is 33.1 Å². The van der Waals surface area contributed by atoms with Crippen LogP contribution < -0.4 is 0 Å². The molecule has 0 saturated heterocycles. The zero-order valence-corrected chi connectivity index (χ0v) is 9.10. The van der Waals surface area contributed by atoms with Crippen molar-refractivity contribution < 1.29 is 5.11 Å². The van der Waals surface area contributed by atoms with E-state index in [1.54, 1.807) is 12.4 Å². The molecule has 1 unspecified atom stereocenters. The second kappa shape index (κ2) is 5.26. The van der Waals surface area contributed by atoms with Crippen LogP contribution in [-0.4, -0.2) is 10.1 Å². The van der Waals surface area contributed by atoms with Crippen molar-refractivity contribution in [2.24, 2.45) is 5.92 Å². The van der Waals surface area contributed by atoms with Crippen molar-refractivity contribution in [1.29, 1.82) is 0 Å². The highest BCUT2D eigenvalue weighted by Gasteiger charge is 2.18. The Morgan fingerprint density at radius 1 is 1.33 bits per heavy atom. The molecule has 1 aliphatic rings. The molecule has 2 heteroatoms. The van der Waals surface area contributed by atoms with Gasteiger partial charge in [-0.3, -0.25) is 4.98 Å². The van der Waals surface area contributed by atoms with E-state index >= 15 is 0 Å². The highest BCUT2D eigenvalue weighted by atomic mass is 16.3. The predicted molar refractivity (Wildman–Crippen MR) is 60.4 cm³/mol. The Morgan fingerprint density at radius 3 is 2.80 bits per heavy atom.